The molecular formula is C16H28N4. The Kier molecular flexibility index (Phi) is 6.27. The number of piperazine rings is 1. The van der Waals surface area contributed by atoms with E-state index in [1.807, 2.05) is 12.4 Å². The molecular weight excluding hydrogens is 248 g/mol. The monoisotopic (exact) mass is 276 g/mol. The fourth-order valence-electron chi connectivity index (χ4n) is 2.78. The molecule has 0 spiro atoms. The predicted octanol–water partition coefficient (Wildman–Crippen LogP) is 2.11. The van der Waals surface area contributed by atoms with Crippen molar-refractivity contribution in [3.05, 3.63) is 24.0 Å². The van der Waals surface area contributed by atoms with Gasteiger partial charge in [-0.2, -0.15) is 0 Å². The van der Waals surface area contributed by atoms with Crippen molar-refractivity contribution in [2.24, 2.45) is 0 Å². The van der Waals surface area contributed by atoms with E-state index in [0.29, 0.717) is 0 Å². The van der Waals surface area contributed by atoms with Crippen molar-refractivity contribution in [1.29, 1.82) is 0 Å². The van der Waals surface area contributed by atoms with Gasteiger partial charge in [0, 0.05) is 38.9 Å². The summed E-state index contributed by atoms with van der Waals surface area (Å²) < 4.78 is 0. The van der Waals surface area contributed by atoms with Crippen LogP contribution in [0.25, 0.3) is 0 Å². The third kappa shape index (κ3) is 4.18. The maximum absolute atomic E-state index is 4.32. The van der Waals surface area contributed by atoms with Crippen molar-refractivity contribution < 1.29 is 0 Å². The zero-order valence-electron chi connectivity index (χ0n) is 12.9. The first-order valence-corrected chi connectivity index (χ1v) is 7.96. The van der Waals surface area contributed by atoms with Gasteiger partial charge in [0.05, 0.1) is 11.9 Å². The summed E-state index contributed by atoms with van der Waals surface area (Å²) >= 11 is 0. The fourth-order valence-corrected chi connectivity index (χ4v) is 2.78. The molecule has 0 aliphatic carbocycles. The van der Waals surface area contributed by atoms with Crippen molar-refractivity contribution in [1.82, 2.24) is 15.2 Å². The molecule has 1 saturated heterocycles. The van der Waals surface area contributed by atoms with E-state index in [-0.39, 0.29) is 0 Å². The lowest BCUT2D eigenvalue weighted by Crippen LogP contribution is -2.47. The largest absolute Gasteiger partial charge is 0.367 e. The number of anilines is 1. The van der Waals surface area contributed by atoms with Crippen molar-refractivity contribution >= 4 is 5.69 Å². The van der Waals surface area contributed by atoms with E-state index in [1.165, 1.54) is 43.7 Å². The molecule has 20 heavy (non-hydrogen) atoms. The number of rotatable bonds is 7. The van der Waals surface area contributed by atoms with E-state index < -0.39 is 0 Å². The second kappa shape index (κ2) is 8.22. The van der Waals surface area contributed by atoms with Gasteiger partial charge >= 0.3 is 0 Å². The Morgan fingerprint density at radius 3 is 2.65 bits per heavy atom. The lowest BCUT2D eigenvalue weighted by Gasteiger charge is -2.36. The van der Waals surface area contributed by atoms with Crippen molar-refractivity contribution in [3.8, 4) is 0 Å². The first-order valence-electron chi connectivity index (χ1n) is 7.96. The predicted molar refractivity (Wildman–Crippen MR) is 85.2 cm³/mol. The average molecular weight is 276 g/mol. The third-order valence-corrected chi connectivity index (χ3v) is 3.88. The summed E-state index contributed by atoms with van der Waals surface area (Å²) in [7, 11) is 0. The van der Waals surface area contributed by atoms with E-state index in [0.717, 1.165) is 26.2 Å². The normalized spacial score (nSPS) is 16.6. The van der Waals surface area contributed by atoms with E-state index in [1.54, 1.807) is 0 Å². The highest BCUT2D eigenvalue weighted by Crippen LogP contribution is 2.20. The minimum Gasteiger partial charge on any atom is -0.367 e. The van der Waals surface area contributed by atoms with Gasteiger partial charge in [-0.25, -0.2) is 0 Å². The molecule has 0 bridgehead atoms. The van der Waals surface area contributed by atoms with Gasteiger partial charge in [-0.15, -0.1) is 0 Å². The summed E-state index contributed by atoms with van der Waals surface area (Å²) in [6, 6.07) is 2.15. The van der Waals surface area contributed by atoms with Crippen LogP contribution in [0.5, 0.6) is 0 Å². The molecule has 1 aromatic rings. The van der Waals surface area contributed by atoms with Gasteiger partial charge < -0.3 is 10.2 Å². The van der Waals surface area contributed by atoms with Crippen molar-refractivity contribution in [2.45, 2.75) is 33.2 Å². The quantitative estimate of drug-likeness (QED) is 0.773. The molecule has 4 heteroatoms. The van der Waals surface area contributed by atoms with Crippen LogP contribution in [-0.2, 0) is 6.54 Å². The Morgan fingerprint density at radius 1 is 1.15 bits per heavy atom. The molecule has 1 fully saturated rings. The van der Waals surface area contributed by atoms with Crippen molar-refractivity contribution in [2.75, 3.05) is 44.2 Å². The number of nitrogens with zero attached hydrogens (tertiary/aromatic N) is 3. The van der Waals surface area contributed by atoms with Gasteiger partial charge in [0.2, 0.25) is 0 Å². The Bertz CT molecular complexity index is 386. The van der Waals surface area contributed by atoms with Crippen LogP contribution in [-0.4, -0.2) is 49.2 Å². The second-order valence-electron chi connectivity index (χ2n) is 5.51. The van der Waals surface area contributed by atoms with E-state index in [9.17, 15) is 0 Å². The van der Waals surface area contributed by atoms with Crippen LogP contribution < -0.4 is 10.2 Å². The summed E-state index contributed by atoms with van der Waals surface area (Å²) in [6.45, 7) is 12.3. The topological polar surface area (TPSA) is 31.4 Å². The maximum atomic E-state index is 4.32. The van der Waals surface area contributed by atoms with Crippen LogP contribution in [0, 0.1) is 0 Å². The molecule has 2 heterocycles. The van der Waals surface area contributed by atoms with Gasteiger partial charge in [-0.3, -0.25) is 9.88 Å². The molecule has 0 aromatic carbocycles. The van der Waals surface area contributed by atoms with Gasteiger partial charge in [0.15, 0.2) is 0 Å². The number of pyridine rings is 1. The highest BCUT2D eigenvalue weighted by Gasteiger charge is 2.18. The van der Waals surface area contributed by atoms with Crippen LogP contribution in [0.15, 0.2) is 18.5 Å². The van der Waals surface area contributed by atoms with Crippen molar-refractivity contribution in [3.63, 3.8) is 0 Å². The summed E-state index contributed by atoms with van der Waals surface area (Å²) in [4.78, 5) is 9.37. The molecule has 0 amide bonds. The van der Waals surface area contributed by atoms with Crippen LogP contribution in [0.2, 0.25) is 0 Å². The lowest BCUT2D eigenvalue weighted by molar-refractivity contribution is 0.258. The van der Waals surface area contributed by atoms with Gasteiger partial charge in [0.1, 0.15) is 0 Å². The van der Waals surface area contributed by atoms with Crippen LogP contribution in [0.3, 0.4) is 0 Å². The highest BCUT2D eigenvalue weighted by molar-refractivity contribution is 5.52. The molecule has 1 aliphatic rings. The Labute approximate surface area is 123 Å². The first-order chi connectivity index (χ1) is 9.85. The standard InChI is InChI=1S/C16H28N4/c1-3-6-17-13-15-5-7-18-14-16(15)20-11-9-19(8-4-2)10-12-20/h5,7,14,17H,3-4,6,8-13H2,1-2H3. The minimum absolute atomic E-state index is 0.945. The summed E-state index contributed by atoms with van der Waals surface area (Å²) in [6.07, 6.45) is 6.35. The Morgan fingerprint density at radius 2 is 1.95 bits per heavy atom. The molecule has 1 aliphatic heterocycles. The molecule has 0 saturated carbocycles. The Balaban J connectivity index is 1.95. The molecule has 1 N–H and O–H groups in total. The fraction of sp³-hybridized carbons (Fsp3) is 0.688. The lowest BCUT2D eigenvalue weighted by atomic mass is 10.1. The highest BCUT2D eigenvalue weighted by atomic mass is 15.3. The Hall–Kier alpha value is -1.13. The van der Waals surface area contributed by atoms with Crippen LogP contribution in [0.1, 0.15) is 32.3 Å². The zero-order chi connectivity index (χ0) is 14.2. The smallest absolute Gasteiger partial charge is 0.0599 e. The van der Waals surface area contributed by atoms with E-state index in [2.05, 4.69) is 40.0 Å². The van der Waals surface area contributed by atoms with Crippen LogP contribution >= 0.6 is 0 Å². The molecule has 0 unspecified atom stereocenters. The van der Waals surface area contributed by atoms with E-state index >= 15 is 0 Å². The number of hydrogen-bond donors (Lipinski definition) is 1. The van der Waals surface area contributed by atoms with Gasteiger partial charge in [0.25, 0.3) is 0 Å². The van der Waals surface area contributed by atoms with Crippen LogP contribution in [0.4, 0.5) is 5.69 Å². The SMILES string of the molecule is CCCNCc1ccncc1N1CCN(CCC)CC1. The minimum atomic E-state index is 0.945. The third-order valence-electron chi connectivity index (χ3n) is 3.88. The molecule has 0 atom stereocenters. The summed E-state index contributed by atoms with van der Waals surface area (Å²) in [5, 5.41) is 3.50. The first kappa shape index (κ1) is 15.3. The summed E-state index contributed by atoms with van der Waals surface area (Å²) in [5.74, 6) is 0. The molecule has 4 nitrogen and oxygen atoms in total. The molecule has 0 radical (unpaired) electrons. The molecule has 1 aromatic heterocycles. The zero-order valence-corrected chi connectivity index (χ0v) is 12.9. The van der Waals surface area contributed by atoms with Gasteiger partial charge in [-0.1, -0.05) is 13.8 Å². The summed E-state index contributed by atoms with van der Waals surface area (Å²) in [5.41, 5.74) is 2.68. The number of nitrogens with one attached hydrogen (secondary N) is 1. The van der Waals surface area contributed by atoms with E-state index in [4.69, 9.17) is 0 Å². The molecule has 2 rings (SSSR count). The number of aromatic nitrogens is 1. The maximum Gasteiger partial charge on any atom is 0.0599 e. The second-order valence-corrected chi connectivity index (χ2v) is 5.51. The average Bonchev–Trinajstić information content (AvgIpc) is 2.49. The molecule has 112 valence electrons. The number of hydrogen-bond acceptors (Lipinski definition) is 4. The van der Waals surface area contributed by atoms with Gasteiger partial charge in [-0.05, 0) is 37.6 Å².